The normalized spacial score (nSPS) is 13.7. The predicted octanol–water partition coefficient (Wildman–Crippen LogP) is 3.67. The van der Waals surface area contributed by atoms with Gasteiger partial charge < -0.3 is 15.2 Å². The van der Waals surface area contributed by atoms with Crippen molar-refractivity contribution in [1.29, 1.82) is 0 Å². The number of ether oxygens (including phenoxy) is 1. The minimum atomic E-state index is -4.72. The van der Waals surface area contributed by atoms with Crippen LogP contribution in [0, 0.1) is 0 Å². The number of anilines is 1. The number of alkyl halides is 5. The van der Waals surface area contributed by atoms with Gasteiger partial charge >= 0.3 is 12.8 Å². The zero-order valence-electron chi connectivity index (χ0n) is 15.2. The van der Waals surface area contributed by atoms with Crippen molar-refractivity contribution in [2.45, 2.75) is 38.3 Å². The zero-order chi connectivity index (χ0) is 21.4. The highest BCUT2D eigenvalue weighted by molar-refractivity contribution is 5.48. The van der Waals surface area contributed by atoms with Crippen LogP contribution in [0.15, 0.2) is 36.7 Å². The third-order valence-electron chi connectivity index (χ3n) is 3.98. The number of rotatable bonds is 6. The Balaban J connectivity index is 2.01. The molecule has 0 amide bonds. The smallest absolute Gasteiger partial charge is 0.433 e. The molecule has 0 aliphatic heterocycles. The van der Waals surface area contributed by atoms with E-state index in [0.717, 1.165) is 16.9 Å². The molecular formula is C17H16F5N5O2. The van der Waals surface area contributed by atoms with Crippen molar-refractivity contribution in [3.63, 3.8) is 0 Å². The molecule has 12 heteroatoms. The first kappa shape index (κ1) is 20.7. The van der Waals surface area contributed by atoms with Crippen LogP contribution in [0.5, 0.6) is 5.75 Å². The first-order chi connectivity index (χ1) is 13.4. The number of fused-ring (bicyclic) bond motifs is 1. The molecule has 7 nitrogen and oxygen atoms in total. The van der Waals surface area contributed by atoms with Crippen molar-refractivity contribution in [3.05, 3.63) is 47.9 Å². The van der Waals surface area contributed by atoms with Gasteiger partial charge in [0, 0.05) is 6.07 Å². The van der Waals surface area contributed by atoms with E-state index in [1.54, 1.807) is 0 Å². The average molecular weight is 417 g/mol. The van der Waals surface area contributed by atoms with Gasteiger partial charge in [-0.15, -0.1) is 0 Å². The lowest BCUT2D eigenvalue weighted by Crippen LogP contribution is -2.35. The molecule has 29 heavy (non-hydrogen) atoms. The molecule has 2 heterocycles. The minimum absolute atomic E-state index is 0.0971. The molecule has 0 spiro atoms. The number of aromatic nitrogens is 4. The number of nitrogens with one attached hydrogen (secondary N) is 1. The van der Waals surface area contributed by atoms with Gasteiger partial charge in [-0.3, -0.25) is 0 Å². The summed E-state index contributed by atoms with van der Waals surface area (Å²) in [5.74, 6) is -0.488. The van der Waals surface area contributed by atoms with Crippen LogP contribution >= 0.6 is 0 Å². The molecule has 1 aromatic carbocycles. The lowest BCUT2D eigenvalue weighted by atomic mass is 9.91. The third kappa shape index (κ3) is 4.70. The first-order valence-electron chi connectivity index (χ1n) is 8.27. The van der Waals surface area contributed by atoms with Crippen LogP contribution < -0.4 is 10.1 Å². The van der Waals surface area contributed by atoms with Crippen molar-refractivity contribution >= 4 is 11.6 Å². The van der Waals surface area contributed by atoms with Crippen LogP contribution in [0.4, 0.5) is 27.8 Å². The fraction of sp³-hybridized carbons (Fsp3) is 0.353. The highest BCUT2D eigenvalue weighted by Crippen LogP contribution is 2.34. The van der Waals surface area contributed by atoms with E-state index in [2.05, 4.69) is 25.1 Å². The van der Waals surface area contributed by atoms with E-state index in [9.17, 15) is 27.1 Å². The molecule has 0 radical (unpaired) electrons. The van der Waals surface area contributed by atoms with Gasteiger partial charge in [-0.2, -0.15) is 36.6 Å². The van der Waals surface area contributed by atoms with Gasteiger partial charge in [0.25, 0.3) is 5.78 Å². The molecule has 156 valence electrons. The number of nitrogens with zero attached hydrogens (tertiary/aromatic N) is 4. The fourth-order valence-electron chi connectivity index (χ4n) is 2.72. The summed E-state index contributed by atoms with van der Waals surface area (Å²) >= 11 is 0. The molecule has 0 aliphatic rings. The van der Waals surface area contributed by atoms with Crippen LogP contribution in [-0.4, -0.2) is 36.9 Å². The third-order valence-corrected chi connectivity index (χ3v) is 3.98. The van der Waals surface area contributed by atoms with E-state index in [4.69, 9.17) is 0 Å². The lowest BCUT2D eigenvalue weighted by Gasteiger charge is -2.31. The van der Waals surface area contributed by atoms with Crippen LogP contribution in [0.2, 0.25) is 0 Å². The lowest BCUT2D eigenvalue weighted by molar-refractivity contribution is -0.141. The molecule has 0 fully saturated rings. The number of hydrogen-bond donors (Lipinski definition) is 2. The summed E-state index contributed by atoms with van der Waals surface area (Å²) < 4.78 is 69.5. The van der Waals surface area contributed by atoms with Crippen LogP contribution in [-0.2, 0) is 6.18 Å². The van der Waals surface area contributed by atoms with E-state index in [1.807, 2.05) is 0 Å². The Morgan fingerprint density at radius 2 is 1.79 bits per heavy atom. The quantitative estimate of drug-likeness (QED) is 0.596. The van der Waals surface area contributed by atoms with Gasteiger partial charge in [0.1, 0.15) is 17.9 Å². The molecule has 2 aromatic heterocycles. The van der Waals surface area contributed by atoms with Gasteiger partial charge in [-0.25, -0.2) is 4.98 Å². The van der Waals surface area contributed by atoms with Crippen LogP contribution in [0.1, 0.15) is 31.1 Å². The summed E-state index contributed by atoms with van der Waals surface area (Å²) in [5, 5.41) is 17.2. The highest BCUT2D eigenvalue weighted by Gasteiger charge is 2.35. The maximum absolute atomic E-state index is 13.2. The molecule has 0 unspecified atom stereocenters. The Bertz CT molecular complexity index is 983. The number of hydrogen-bond acceptors (Lipinski definition) is 6. The summed E-state index contributed by atoms with van der Waals surface area (Å²) in [6, 6.07) is 5.17. The van der Waals surface area contributed by atoms with E-state index in [0.29, 0.717) is 5.56 Å². The minimum Gasteiger partial charge on any atom is -0.435 e. The SMILES string of the molecule is CC(C)(O)[C@@H](Nc1cc(C(F)(F)F)nc2ncnn12)c1ccc(OC(F)F)cc1. The van der Waals surface area contributed by atoms with Crippen molar-refractivity contribution in [1.82, 2.24) is 19.6 Å². The van der Waals surface area contributed by atoms with Gasteiger partial charge in [0.2, 0.25) is 0 Å². The summed E-state index contributed by atoms with van der Waals surface area (Å²) in [4.78, 5) is 7.11. The summed E-state index contributed by atoms with van der Waals surface area (Å²) in [6.45, 7) is -0.112. The van der Waals surface area contributed by atoms with Crippen LogP contribution in [0.25, 0.3) is 5.78 Å². The second kappa shape index (κ2) is 7.43. The summed E-state index contributed by atoms with van der Waals surface area (Å²) in [7, 11) is 0. The van der Waals surface area contributed by atoms with Gasteiger partial charge in [-0.1, -0.05) is 12.1 Å². The molecule has 0 bridgehead atoms. The van der Waals surface area contributed by atoms with Gasteiger partial charge in [-0.05, 0) is 31.5 Å². The second-order valence-electron chi connectivity index (χ2n) is 6.67. The number of aliphatic hydroxyl groups is 1. The van der Waals surface area contributed by atoms with Gasteiger partial charge in [0.15, 0.2) is 5.69 Å². The Hall–Kier alpha value is -3.02. The van der Waals surface area contributed by atoms with E-state index in [-0.39, 0.29) is 17.3 Å². The molecule has 1 atom stereocenters. The number of benzene rings is 1. The molecule has 0 saturated heterocycles. The Morgan fingerprint density at radius 3 is 2.34 bits per heavy atom. The maximum Gasteiger partial charge on any atom is 0.433 e. The van der Waals surface area contributed by atoms with E-state index < -0.39 is 30.1 Å². The maximum atomic E-state index is 13.2. The van der Waals surface area contributed by atoms with E-state index in [1.165, 1.54) is 38.1 Å². The number of halogens is 5. The Kier molecular flexibility index (Phi) is 5.30. The Labute approximate surface area is 161 Å². The molecule has 0 aliphatic carbocycles. The van der Waals surface area contributed by atoms with Gasteiger partial charge in [0.05, 0.1) is 11.6 Å². The summed E-state index contributed by atoms with van der Waals surface area (Å²) in [5.41, 5.74) is -2.23. The second-order valence-corrected chi connectivity index (χ2v) is 6.67. The molecule has 2 N–H and O–H groups in total. The molecule has 3 aromatic rings. The zero-order valence-corrected chi connectivity index (χ0v) is 15.2. The van der Waals surface area contributed by atoms with Crippen molar-refractivity contribution in [3.8, 4) is 5.75 Å². The average Bonchev–Trinajstić information content (AvgIpc) is 3.07. The molecule has 0 saturated carbocycles. The van der Waals surface area contributed by atoms with Crippen molar-refractivity contribution in [2.75, 3.05) is 5.32 Å². The Morgan fingerprint density at radius 1 is 1.14 bits per heavy atom. The van der Waals surface area contributed by atoms with Crippen molar-refractivity contribution in [2.24, 2.45) is 0 Å². The fourth-order valence-corrected chi connectivity index (χ4v) is 2.72. The predicted molar refractivity (Wildman–Crippen MR) is 91.5 cm³/mol. The topological polar surface area (TPSA) is 84.6 Å². The molecule has 3 rings (SSSR count). The van der Waals surface area contributed by atoms with E-state index >= 15 is 0 Å². The van der Waals surface area contributed by atoms with Crippen molar-refractivity contribution < 1.29 is 31.8 Å². The van der Waals surface area contributed by atoms with Crippen LogP contribution in [0.3, 0.4) is 0 Å². The largest absolute Gasteiger partial charge is 0.435 e. The first-order valence-corrected chi connectivity index (χ1v) is 8.27. The monoisotopic (exact) mass is 417 g/mol. The highest BCUT2D eigenvalue weighted by atomic mass is 19.4. The summed E-state index contributed by atoms with van der Waals surface area (Å²) in [6.07, 6.45) is -3.67. The molecular weight excluding hydrogens is 401 g/mol. The standard InChI is InChI=1S/C17H16F5N5O2/c1-16(2,28)13(9-3-5-10(6-4-9)29-14(18)19)26-12-7-11(17(20,21)22)25-15-23-8-24-27(12)15/h3-8,13-14,26,28H,1-2H3/t13-/m0/s1.